The molecule has 1 aromatic heterocycles. The highest BCUT2D eigenvalue weighted by Gasteiger charge is 2.28. The van der Waals surface area contributed by atoms with Gasteiger partial charge in [-0.25, -0.2) is 4.39 Å². The summed E-state index contributed by atoms with van der Waals surface area (Å²) in [5, 5.41) is 15.2. The van der Waals surface area contributed by atoms with Gasteiger partial charge >= 0.3 is 0 Å². The molecule has 3 rings (SSSR count). The fraction of sp³-hybridized carbons (Fsp3) is 0.471. The second-order valence-electron chi connectivity index (χ2n) is 6.16. The Hall–Kier alpha value is -1.68. The fourth-order valence-electron chi connectivity index (χ4n) is 3.19. The van der Waals surface area contributed by atoms with Crippen LogP contribution >= 0.6 is 0 Å². The SMILES string of the molecule is CC(O)(Cc1ccn(C2CCCC2)n1)c1ccccc1F. The second kappa shape index (κ2) is 5.60. The maximum Gasteiger partial charge on any atom is 0.129 e. The minimum Gasteiger partial charge on any atom is -0.385 e. The van der Waals surface area contributed by atoms with Crippen molar-refractivity contribution >= 4 is 0 Å². The van der Waals surface area contributed by atoms with E-state index in [1.54, 1.807) is 25.1 Å². The molecular formula is C17H21FN2O. The number of hydrogen-bond acceptors (Lipinski definition) is 2. The molecule has 0 bridgehead atoms. The number of hydrogen-bond donors (Lipinski definition) is 1. The molecular weight excluding hydrogens is 267 g/mol. The number of halogens is 1. The van der Waals surface area contributed by atoms with Gasteiger partial charge in [0.25, 0.3) is 0 Å². The van der Waals surface area contributed by atoms with Crippen LogP contribution in [0.4, 0.5) is 4.39 Å². The lowest BCUT2D eigenvalue weighted by molar-refractivity contribution is 0.0526. The third-order valence-corrected chi connectivity index (χ3v) is 4.34. The van der Waals surface area contributed by atoms with Gasteiger partial charge in [-0.2, -0.15) is 5.10 Å². The van der Waals surface area contributed by atoms with E-state index in [0.29, 0.717) is 18.0 Å². The summed E-state index contributed by atoms with van der Waals surface area (Å²) in [7, 11) is 0. The molecule has 21 heavy (non-hydrogen) atoms. The predicted molar refractivity (Wildman–Crippen MR) is 79.4 cm³/mol. The van der Waals surface area contributed by atoms with Crippen LogP contribution in [0.2, 0.25) is 0 Å². The van der Waals surface area contributed by atoms with Crippen LogP contribution in [0.3, 0.4) is 0 Å². The molecule has 1 heterocycles. The van der Waals surface area contributed by atoms with Crippen LogP contribution in [-0.2, 0) is 12.0 Å². The summed E-state index contributed by atoms with van der Waals surface area (Å²) in [6.07, 6.45) is 7.14. The van der Waals surface area contributed by atoms with E-state index in [1.165, 1.54) is 31.7 Å². The molecule has 0 amide bonds. The van der Waals surface area contributed by atoms with E-state index in [-0.39, 0.29) is 5.82 Å². The van der Waals surface area contributed by atoms with Crippen molar-refractivity contribution in [2.24, 2.45) is 0 Å². The lowest BCUT2D eigenvalue weighted by Crippen LogP contribution is -2.26. The largest absolute Gasteiger partial charge is 0.385 e. The zero-order valence-electron chi connectivity index (χ0n) is 12.3. The van der Waals surface area contributed by atoms with Crippen LogP contribution in [0.15, 0.2) is 36.5 Å². The van der Waals surface area contributed by atoms with Gasteiger partial charge in [-0.3, -0.25) is 4.68 Å². The molecule has 1 aliphatic rings. The minimum atomic E-state index is -1.25. The highest BCUT2D eigenvalue weighted by molar-refractivity contribution is 5.25. The lowest BCUT2D eigenvalue weighted by Gasteiger charge is -2.23. The molecule has 1 aliphatic carbocycles. The smallest absolute Gasteiger partial charge is 0.129 e. The summed E-state index contributed by atoms with van der Waals surface area (Å²) in [5.74, 6) is -0.377. The lowest BCUT2D eigenvalue weighted by atomic mass is 9.91. The van der Waals surface area contributed by atoms with Crippen molar-refractivity contribution in [1.82, 2.24) is 9.78 Å². The quantitative estimate of drug-likeness (QED) is 0.933. The molecule has 2 aromatic rings. The second-order valence-corrected chi connectivity index (χ2v) is 6.16. The predicted octanol–water partition coefficient (Wildman–Crippen LogP) is 3.59. The molecule has 4 heteroatoms. The summed E-state index contributed by atoms with van der Waals surface area (Å²) < 4.78 is 15.9. The van der Waals surface area contributed by atoms with E-state index in [1.807, 2.05) is 16.9 Å². The Labute approximate surface area is 124 Å². The van der Waals surface area contributed by atoms with Crippen LogP contribution in [0.5, 0.6) is 0 Å². The van der Waals surface area contributed by atoms with E-state index in [4.69, 9.17) is 0 Å². The first-order valence-corrected chi connectivity index (χ1v) is 7.58. The summed E-state index contributed by atoms with van der Waals surface area (Å²) in [6.45, 7) is 1.64. The van der Waals surface area contributed by atoms with Crippen molar-refractivity contribution in [3.8, 4) is 0 Å². The normalized spacial score (nSPS) is 18.8. The first-order valence-electron chi connectivity index (χ1n) is 7.58. The zero-order chi connectivity index (χ0) is 14.9. The standard InChI is InChI=1S/C17H21FN2O/c1-17(21,15-8-4-5-9-16(15)18)12-13-10-11-20(19-13)14-6-2-3-7-14/h4-5,8-11,14,21H,2-3,6-7,12H2,1H3. The number of aliphatic hydroxyl groups is 1. The van der Waals surface area contributed by atoms with Gasteiger partial charge in [-0.15, -0.1) is 0 Å². The number of rotatable bonds is 4. The van der Waals surface area contributed by atoms with Gasteiger partial charge in [-0.1, -0.05) is 31.0 Å². The Kier molecular flexibility index (Phi) is 3.81. The molecule has 3 nitrogen and oxygen atoms in total. The molecule has 1 unspecified atom stereocenters. The van der Waals surface area contributed by atoms with Crippen molar-refractivity contribution in [3.05, 3.63) is 53.6 Å². The minimum absolute atomic E-state index is 0.313. The van der Waals surface area contributed by atoms with Gasteiger partial charge in [0.1, 0.15) is 5.82 Å². The fourth-order valence-corrected chi connectivity index (χ4v) is 3.19. The first kappa shape index (κ1) is 14.3. The molecule has 0 spiro atoms. The summed E-state index contributed by atoms with van der Waals surface area (Å²) >= 11 is 0. The third kappa shape index (κ3) is 3.00. The van der Waals surface area contributed by atoms with Crippen LogP contribution in [0.25, 0.3) is 0 Å². The van der Waals surface area contributed by atoms with E-state index in [2.05, 4.69) is 5.10 Å². The van der Waals surface area contributed by atoms with Gasteiger partial charge in [0, 0.05) is 18.2 Å². The van der Waals surface area contributed by atoms with Crippen molar-refractivity contribution in [1.29, 1.82) is 0 Å². The molecule has 0 radical (unpaired) electrons. The van der Waals surface area contributed by atoms with E-state index < -0.39 is 5.60 Å². The first-order chi connectivity index (χ1) is 10.1. The summed E-state index contributed by atoms with van der Waals surface area (Å²) in [4.78, 5) is 0. The van der Waals surface area contributed by atoms with E-state index in [0.717, 1.165) is 5.69 Å². The van der Waals surface area contributed by atoms with Crippen molar-refractivity contribution in [3.63, 3.8) is 0 Å². The number of aromatic nitrogens is 2. The monoisotopic (exact) mass is 288 g/mol. The van der Waals surface area contributed by atoms with Gasteiger partial charge < -0.3 is 5.11 Å². The molecule has 112 valence electrons. The van der Waals surface area contributed by atoms with Gasteiger partial charge in [-0.05, 0) is 31.9 Å². The molecule has 1 aromatic carbocycles. The molecule has 1 fully saturated rings. The molecule has 1 N–H and O–H groups in total. The van der Waals surface area contributed by atoms with Crippen LogP contribution in [0, 0.1) is 5.82 Å². The Morgan fingerprint density at radius 2 is 2.00 bits per heavy atom. The Morgan fingerprint density at radius 1 is 1.29 bits per heavy atom. The van der Waals surface area contributed by atoms with Crippen LogP contribution < -0.4 is 0 Å². The summed E-state index contributed by atoms with van der Waals surface area (Å²) in [5.41, 5.74) is -0.129. The zero-order valence-corrected chi connectivity index (χ0v) is 12.3. The van der Waals surface area contributed by atoms with E-state index >= 15 is 0 Å². The Morgan fingerprint density at radius 3 is 2.71 bits per heavy atom. The maximum atomic E-state index is 13.9. The van der Waals surface area contributed by atoms with Crippen LogP contribution in [0.1, 0.15) is 49.9 Å². The Bertz CT molecular complexity index is 615. The summed E-state index contributed by atoms with van der Waals surface area (Å²) in [6, 6.07) is 8.78. The van der Waals surface area contributed by atoms with Gasteiger partial charge in [0.15, 0.2) is 0 Å². The van der Waals surface area contributed by atoms with Crippen molar-refractivity contribution < 1.29 is 9.50 Å². The van der Waals surface area contributed by atoms with Crippen LogP contribution in [-0.4, -0.2) is 14.9 Å². The number of benzene rings is 1. The molecule has 1 atom stereocenters. The topological polar surface area (TPSA) is 38.0 Å². The molecule has 1 saturated carbocycles. The van der Waals surface area contributed by atoms with Gasteiger partial charge in [0.2, 0.25) is 0 Å². The molecule has 0 saturated heterocycles. The highest BCUT2D eigenvalue weighted by Crippen LogP contribution is 2.30. The average Bonchev–Trinajstić information content (AvgIpc) is 3.09. The highest BCUT2D eigenvalue weighted by atomic mass is 19.1. The molecule has 0 aliphatic heterocycles. The van der Waals surface area contributed by atoms with Crippen molar-refractivity contribution in [2.45, 2.75) is 50.7 Å². The maximum absolute atomic E-state index is 13.9. The van der Waals surface area contributed by atoms with Crippen molar-refractivity contribution in [2.75, 3.05) is 0 Å². The Balaban J connectivity index is 1.78. The van der Waals surface area contributed by atoms with Gasteiger partial charge in [0.05, 0.1) is 17.3 Å². The number of nitrogens with zero attached hydrogens (tertiary/aromatic N) is 2. The van der Waals surface area contributed by atoms with E-state index in [9.17, 15) is 9.50 Å². The third-order valence-electron chi connectivity index (χ3n) is 4.34. The average molecular weight is 288 g/mol.